The summed E-state index contributed by atoms with van der Waals surface area (Å²) >= 11 is 0. The van der Waals surface area contributed by atoms with Gasteiger partial charge in [-0.1, -0.05) is 24.3 Å². The van der Waals surface area contributed by atoms with Gasteiger partial charge in [0.25, 0.3) is 11.8 Å². The van der Waals surface area contributed by atoms with Crippen LogP contribution < -0.4 is 19.1 Å². The molecule has 0 aromatic heterocycles. The summed E-state index contributed by atoms with van der Waals surface area (Å²) in [4.78, 5) is 29.9. The second-order valence-electron chi connectivity index (χ2n) is 7.77. The third kappa shape index (κ3) is 3.44. The van der Waals surface area contributed by atoms with E-state index < -0.39 is 12.2 Å². The van der Waals surface area contributed by atoms with Crippen LogP contribution in [0.4, 0.5) is 5.69 Å². The Morgan fingerprint density at radius 2 is 1.43 bits per heavy atom. The smallest absolute Gasteiger partial charge is 0.271 e. The van der Waals surface area contributed by atoms with E-state index in [2.05, 4.69) is 0 Å². The summed E-state index contributed by atoms with van der Waals surface area (Å²) in [5.41, 5.74) is 0.646. The second-order valence-corrected chi connectivity index (χ2v) is 7.77. The van der Waals surface area contributed by atoms with Gasteiger partial charge in [-0.2, -0.15) is 0 Å². The Bertz CT molecular complexity index is 956. The first kappa shape index (κ1) is 18.8. The predicted molar refractivity (Wildman–Crippen MR) is 110 cm³/mol. The van der Waals surface area contributed by atoms with Gasteiger partial charge in [0.05, 0.1) is 12.2 Å². The van der Waals surface area contributed by atoms with Gasteiger partial charge in [-0.15, -0.1) is 0 Å². The Morgan fingerprint density at radius 1 is 0.767 bits per heavy atom. The lowest BCUT2D eigenvalue weighted by atomic mass is 10.1. The van der Waals surface area contributed by atoms with Crippen LogP contribution in [0.1, 0.15) is 19.3 Å². The number of ether oxygens (including phenoxy) is 3. The number of carbonyl (C=O) groups is 2. The quantitative estimate of drug-likeness (QED) is 0.764. The number of likely N-dealkylation sites (tertiary alicyclic amines) is 1. The van der Waals surface area contributed by atoms with Crippen LogP contribution in [0.3, 0.4) is 0 Å². The van der Waals surface area contributed by atoms with Crippen molar-refractivity contribution in [3.8, 4) is 17.2 Å². The van der Waals surface area contributed by atoms with Crippen molar-refractivity contribution in [1.82, 2.24) is 4.90 Å². The molecule has 5 rings (SSSR count). The molecular formula is C23H24N2O5. The Hall–Kier alpha value is -3.22. The van der Waals surface area contributed by atoms with E-state index in [0.717, 1.165) is 32.4 Å². The fourth-order valence-electron chi connectivity index (χ4n) is 4.20. The topological polar surface area (TPSA) is 68.3 Å². The highest BCUT2D eigenvalue weighted by atomic mass is 16.6. The molecule has 2 aromatic carbocycles. The van der Waals surface area contributed by atoms with Gasteiger partial charge in [0.2, 0.25) is 6.10 Å². The van der Waals surface area contributed by atoms with E-state index in [0.29, 0.717) is 22.9 Å². The summed E-state index contributed by atoms with van der Waals surface area (Å²) in [5, 5.41) is 0. The van der Waals surface area contributed by atoms with Gasteiger partial charge in [-0.25, -0.2) is 0 Å². The minimum Gasteiger partial charge on any atom is -0.485 e. The molecule has 7 nitrogen and oxygen atoms in total. The molecule has 1 fully saturated rings. The maximum Gasteiger partial charge on any atom is 0.271 e. The SMILES string of the molecule is O=C([C@H]1CN(C(=O)[C@H]2COc3ccccc3O2)c2ccccc2O1)N1CCCCC1. The highest BCUT2D eigenvalue weighted by Crippen LogP contribution is 2.36. The third-order valence-corrected chi connectivity index (χ3v) is 5.77. The van der Waals surface area contributed by atoms with Crippen LogP contribution in [-0.2, 0) is 9.59 Å². The van der Waals surface area contributed by atoms with E-state index in [-0.39, 0.29) is 25.0 Å². The monoisotopic (exact) mass is 408 g/mol. The molecule has 1 saturated heterocycles. The van der Waals surface area contributed by atoms with E-state index in [9.17, 15) is 9.59 Å². The Labute approximate surface area is 175 Å². The molecule has 2 amide bonds. The Kier molecular flexibility index (Phi) is 4.94. The number of fused-ring (bicyclic) bond motifs is 2. The van der Waals surface area contributed by atoms with E-state index in [4.69, 9.17) is 14.2 Å². The minimum atomic E-state index is -0.781. The average Bonchev–Trinajstić information content (AvgIpc) is 2.82. The molecule has 2 aromatic rings. The van der Waals surface area contributed by atoms with Crippen molar-refractivity contribution in [3.05, 3.63) is 48.5 Å². The summed E-state index contributed by atoms with van der Waals surface area (Å²) in [5.74, 6) is 1.40. The maximum absolute atomic E-state index is 13.4. The van der Waals surface area contributed by atoms with Crippen molar-refractivity contribution in [2.24, 2.45) is 0 Å². The summed E-state index contributed by atoms with van der Waals surface area (Å²) < 4.78 is 17.7. The second kappa shape index (κ2) is 7.89. The van der Waals surface area contributed by atoms with Crippen LogP contribution >= 0.6 is 0 Å². The molecule has 3 aliphatic rings. The van der Waals surface area contributed by atoms with Gasteiger partial charge < -0.3 is 24.0 Å². The third-order valence-electron chi connectivity index (χ3n) is 5.77. The van der Waals surface area contributed by atoms with Crippen LogP contribution in [0.25, 0.3) is 0 Å². The molecule has 0 spiro atoms. The van der Waals surface area contributed by atoms with Gasteiger partial charge in [-0.3, -0.25) is 9.59 Å². The van der Waals surface area contributed by atoms with E-state index in [1.165, 1.54) is 0 Å². The maximum atomic E-state index is 13.4. The number of para-hydroxylation sites is 4. The lowest BCUT2D eigenvalue weighted by Crippen LogP contribution is -2.56. The van der Waals surface area contributed by atoms with E-state index >= 15 is 0 Å². The number of benzene rings is 2. The minimum absolute atomic E-state index is 0.0619. The van der Waals surface area contributed by atoms with Gasteiger partial charge in [-0.05, 0) is 43.5 Å². The normalized spacial score (nSPS) is 22.7. The fraction of sp³-hybridized carbons (Fsp3) is 0.391. The van der Waals surface area contributed by atoms with Gasteiger partial charge >= 0.3 is 0 Å². The number of nitrogens with zero attached hydrogens (tertiary/aromatic N) is 2. The summed E-state index contributed by atoms with van der Waals surface area (Å²) in [6.45, 7) is 1.77. The van der Waals surface area contributed by atoms with Crippen LogP contribution in [0, 0.1) is 0 Å². The molecule has 0 bridgehead atoms. The zero-order valence-corrected chi connectivity index (χ0v) is 16.7. The number of carbonyl (C=O) groups excluding carboxylic acids is 2. The molecule has 30 heavy (non-hydrogen) atoms. The van der Waals surface area contributed by atoms with Crippen molar-refractivity contribution in [3.63, 3.8) is 0 Å². The predicted octanol–water partition coefficient (Wildman–Crippen LogP) is 2.63. The number of anilines is 1. The number of rotatable bonds is 2. The highest BCUT2D eigenvalue weighted by Gasteiger charge is 2.40. The van der Waals surface area contributed by atoms with Crippen LogP contribution in [0.15, 0.2) is 48.5 Å². The average molecular weight is 408 g/mol. The molecule has 0 saturated carbocycles. The molecule has 7 heteroatoms. The van der Waals surface area contributed by atoms with Crippen LogP contribution in [0.2, 0.25) is 0 Å². The first-order valence-corrected chi connectivity index (χ1v) is 10.4. The largest absolute Gasteiger partial charge is 0.485 e. The number of hydrogen-bond donors (Lipinski definition) is 0. The zero-order valence-electron chi connectivity index (χ0n) is 16.7. The Morgan fingerprint density at radius 3 is 2.23 bits per heavy atom. The van der Waals surface area contributed by atoms with Crippen molar-refractivity contribution < 1.29 is 23.8 Å². The first-order chi connectivity index (χ1) is 14.7. The summed E-state index contributed by atoms with van der Waals surface area (Å²) in [6.07, 6.45) is 1.65. The molecule has 156 valence electrons. The summed E-state index contributed by atoms with van der Waals surface area (Å²) in [6, 6.07) is 14.6. The summed E-state index contributed by atoms with van der Waals surface area (Å²) in [7, 11) is 0. The van der Waals surface area contributed by atoms with Crippen molar-refractivity contribution in [2.75, 3.05) is 31.1 Å². The van der Waals surface area contributed by atoms with Crippen molar-refractivity contribution >= 4 is 17.5 Å². The molecule has 3 heterocycles. The standard InChI is InChI=1S/C23H24N2O5/c26-22(24-12-6-1-7-13-24)20-14-25(16-8-2-3-9-17(16)29-20)23(27)21-15-28-18-10-4-5-11-19(18)30-21/h2-5,8-11,20-21H,1,6-7,12-15H2/t20-,21-/m1/s1. The molecule has 3 aliphatic heterocycles. The molecular weight excluding hydrogens is 384 g/mol. The molecule has 0 aliphatic carbocycles. The van der Waals surface area contributed by atoms with E-state index in [1.54, 1.807) is 17.0 Å². The molecule has 2 atom stereocenters. The lowest BCUT2D eigenvalue weighted by Gasteiger charge is -2.38. The number of piperidine rings is 1. The van der Waals surface area contributed by atoms with Crippen molar-refractivity contribution in [2.45, 2.75) is 31.5 Å². The number of hydrogen-bond acceptors (Lipinski definition) is 5. The van der Waals surface area contributed by atoms with Crippen molar-refractivity contribution in [1.29, 1.82) is 0 Å². The van der Waals surface area contributed by atoms with E-state index in [1.807, 2.05) is 41.3 Å². The zero-order chi connectivity index (χ0) is 20.5. The lowest BCUT2D eigenvalue weighted by molar-refractivity contribution is -0.140. The molecule has 0 unspecified atom stereocenters. The van der Waals surface area contributed by atoms with Gasteiger partial charge in [0.15, 0.2) is 17.6 Å². The molecule has 0 radical (unpaired) electrons. The first-order valence-electron chi connectivity index (χ1n) is 10.4. The highest BCUT2D eigenvalue weighted by molar-refractivity contribution is 6.00. The fourth-order valence-corrected chi connectivity index (χ4v) is 4.20. The number of amides is 2. The van der Waals surface area contributed by atoms with Crippen LogP contribution in [-0.4, -0.2) is 55.2 Å². The van der Waals surface area contributed by atoms with Gasteiger partial charge in [0, 0.05) is 13.1 Å². The van der Waals surface area contributed by atoms with Crippen LogP contribution in [0.5, 0.6) is 17.2 Å². The molecule has 0 N–H and O–H groups in total. The Balaban J connectivity index is 1.39. The van der Waals surface area contributed by atoms with Gasteiger partial charge in [0.1, 0.15) is 12.4 Å².